The molecule has 0 saturated carbocycles. The number of aliphatic hydroxyl groups excluding tert-OH is 1. The van der Waals surface area contributed by atoms with Gasteiger partial charge in [-0.3, -0.25) is 20.7 Å². The summed E-state index contributed by atoms with van der Waals surface area (Å²) in [5, 5.41) is 23.9. The predicted molar refractivity (Wildman–Crippen MR) is 161 cm³/mol. The minimum absolute atomic E-state index is 0.0434. The zero-order valence-electron chi connectivity index (χ0n) is 24.2. The molecule has 16 nitrogen and oxygen atoms in total. The van der Waals surface area contributed by atoms with Crippen LogP contribution in [-0.2, 0) is 20.7 Å². The van der Waals surface area contributed by atoms with Crippen molar-refractivity contribution in [3.05, 3.63) is 77.9 Å². The summed E-state index contributed by atoms with van der Waals surface area (Å²) < 4.78 is 30.4. The zero-order chi connectivity index (χ0) is 33.4. The SMILES string of the molecule is CN/N=N\C(=N)c1ccc(-c2ccc(N3C[C@H](COC(=O)Oc4ccc(CC(C(=O)CO)[PH](O)(O)O)cc4)OC3=O)cc2F)cn1. The monoisotopic (exact) mass is 660 g/mol. The second kappa shape index (κ2) is 14.9. The first-order valence-electron chi connectivity index (χ1n) is 13.5. The molecule has 2 heterocycles. The van der Waals surface area contributed by atoms with Gasteiger partial charge in [-0.15, -0.1) is 5.11 Å². The number of amidine groups is 1. The van der Waals surface area contributed by atoms with Gasteiger partial charge in [0.05, 0.1) is 5.69 Å². The van der Waals surface area contributed by atoms with Crippen LogP contribution in [0.3, 0.4) is 0 Å². The number of ketones is 1. The van der Waals surface area contributed by atoms with E-state index < -0.39 is 50.2 Å². The van der Waals surface area contributed by atoms with E-state index in [1.54, 1.807) is 6.07 Å². The Hall–Kier alpha value is -4.93. The molecule has 1 aliphatic heterocycles. The molecule has 4 rings (SSSR count). The van der Waals surface area contributed by atoms with Crippen molar-refractivity contribution < 1.29 is 52.8 Å². The summed E-state index contributed by atoms with van der Waals surface area (Å²) >= 11 is 0. The number of rotatable bonds is 12. The number of hydrogen-bond donors (Lipinski definition) is 6. The van der Waals surface area contributed by atoms with E-state index >= 15 is 4.39 Å². The maximum absolute atomic E-state index is 15.1. The molecule has 46 heavy (non-hydrogen) atoms. The third-order valence-electron chi connectivity index (χ3n) is 6.67. The molecule has 3 aromatic rings. The van der Waals surface area contributed by atoms with E-state index in [1.807, 2.05) is 0 Å². The smallest absolute Gasteiger partial charge is 0.252 e. The van der Waals surface area contributed by atoms with Gasteiger partial charge in [-0.2, -0.15) is 0 Å². The number of aliphatic hydroxyl groups is 1. The third-order valence-corrected chi connectivity index (χ3v) is 8.13. The molecule has 6 N–H and O–H groups in total. The van der Waals surface area contributed by atoms with Gasteiger partial charge in [-0.05, 0) is 24.3 Å². The third kappa shape index (κ3) is 8.62. The maximum atomic E-state index is 15.1. The number of nitrogens with zero attached hydrogens (tertiary/aromatic N) is 4. The topological polar surface area (TPSA) is 237 Å². The van der Waals surface area contributed by atoms with Crippen LogP contribution in [-0.4, -0.2) is 87.2 Å². The molecule has 0 spiro atoms. The molecule has 2 aromatic carbocycles. The number of carbonyl (C=O) groups is 3. The van der Waals surface area contributed by atoms with Crippen molar-refractivity contribution in [1.29, 1.82) is 5.41 Å². The molecule has 1 unspecified atom stereocenters. The summed E-state index contributed by atoms with van der Waals surface area (Å²) in [6.45, 7) is -1.38. The number of halogens is 1. The molecule has 0 radical (unpaired) electrons. The van der Waals surface area contributed by atoms with Crippen LogP contribution in [0.1, 0.15) is 11.3 Å². The number of amides is 1. The van der Waals surface area contributed by atoms with Gasteiger partial charge in [-0.25, -0.2) is 9.18 Å². The molecule has 1 aliphatic rings. The van der Waals surface area contributed by atoms with Gasteiger partial charge >= 0.3 is 143 Å². The van der Waals surface area contributed by atoms with Crippen LogP contribution in [0.4, 0.5) is 19.7 Å². The van der Waals surface area contributed by atoms with Gasteiger partial charge in [0, 0.05) is 24.4 Å². The molecule has 1 saturated heterocycles. The summed E-state index contributed by atoms with van der Waals surface area (Å²) in [7, 11) is -3.33. The van der Waals surface area contributed by atoms with Crippen LogP contribution in [0.2, 0.25) is 0 Å². The van der Waals surface area contributed by atoms with E-state index in [-0.39, 0.29) is 48.1 Å². The number of benzene rings is 2. The summed E-state index contributed by atoms with van der Waals surface area (Å²) in [5.74, 6) is -1.70. The quantitative estimate of drug-likeness (QED) is 0.0312. The van der Waals surface area contributed by atoms with Crippen molar-refractivity contribution in [3.8, 4) is 16.9 Å². The van der Waals surface area contributed by atoms with E-state index in [0.717, 1.165) is 6.07 Å². The van der Waals surface area contributed by atoms with Crippen LogP contribution in [0.25, 0.3) is 11.1 Å². The first-order valence-corrected chi connectivity index (χ1v) is 15.5. The Bertz CT molecular complexity index is 1620. The van der Waals surface area contributed by atoms with E-state index in [9.17, 15) is 29.1 Å². The van der Waals surface area contributed by atoms with E-state index in [1.165, 1.54) is 60.6 Å². The Kier molecular flexibility index (Phi) is 11.0. The number of hydrogen-bond acceptors (Lipinski definition) is 13. The van der Waals surface area contributed by atoms with Crippen molar-refractivity contribution in [3.63, 3.8) is 0 Å². The van der Waals surface area contributed by atoms with Crippen LogP contribution in [0.5, 0.6) is 5.75 Å². The standard InChI is InChI=1S/C28H30FN6O10P/c1-31-34-33-26(30)23-9-4-17(12-32-23)21-8-5-18(11-22(21)29)35-13-20(44-27(35)38)15-43-28(39)45-19-6-2-16(3-7-19)10-25(24(37)14-36)46(40,41)42/h2-9,11-12,20,25,36,40-42,46H,10,13-15H2,1H3,(H2,30,31,33)/t20-,25?/m1/s1. The molecule has 0 aliphatic carbocycles. The van der Waals surface area contributed by atoms with E-state index in [0.29, 0.717) is 11.1 Å². The first-order chi connectivity index (χ1) is 21.9. The number of anilines is 1. The zero-order valence-corrected chi connectivity index (χ0v) is 25.2. The number of pyridine rings is 1. The van der Waals surface area contributed by atoms with Gasteiger partial charge in [0.15, 0.2) is 5.84 Å². The van der Waals surface area contributed by atoms with E-state index in [2.05, 4.69) is 20.7 Å². The summed E-state index contributed by atoms with van der Waals surface area (Å²) in [4.78, 5) is 70.3. The molecular formula is C28H30FN6O10P. The minimum atomic E-state index is -4.86. The molecule has 18 heteroatoms. The number of aromatic nitrogens is 1. The number of nitrogens with one attached hydrogen (secondary N) is 2. The van der Waals surface area contributed by atoms with Crippen molar-refractivity contribution >= 4 is 37.5 Å². The van der Waals surface area contributed by atoms with Crippen LogP contribution in [0.15, 0.2) is 71.1 Å². The summed E-state index contributed by atoms with van der Waals surface area (Å²) in [6.07, 6.45) is -1.65. The average Bonchev–Trinajstić information content (AvgIpc) is 3.41. The van der Waals surface area contributed by atoms with Crippen LogP contribution in [0, 0.1) is 11.2 Å². The number of cyclic esters (lactones) is 1. The van der Waals surface area contributed by atoms with Crippen molar-refractivity contribution in [2.24, 2.45) is 10.3 Å². The minimum Gasteiger partial charge on any atom is -0.252 e. The van der Waals surface area contributed by atoms with Crippen molar-refractivity contribution in [1.82, 2.24) is 10.4 Å². The fourth-order valence-corrected chi connectivity index (χ4v) is 5.40. The Morgan fingerprint density at radius 1 is 1.20 bits per heavy atom. The molecular weight excluding hydrogens is 630 g/mol. The Morgan fingerprint density at radius 3 is 2.54 bits per heavy atom. The molecule has 244 valence electrons. The molecule has 2 atom stereocenters. The van der Waals surface area contributed by atoms with Crippen molar-refractivity contribution in [2.45, 2.75) is 18.2 Å². The number of Topliss-reactive ketones (excluding diaryl/α,β-unsaturated/α-hetero) is 1. The van der Waals surface area contributed by atoms with E-state index in [4.69, 9.17) is 24.7 Å². The van der Waals surface area contributed by atoms with Gasteiger partial charge < -0.3 is 0 Å². The van der Waals surface area contributed by atoms with Gasteiger partial charge in [0.25, 0.3) is 0 Å². The second-order valence-corrected chi connectivity index (χ2v) is 11.9. The molecule has 1 aromatic heterocycles. The molecule has 0 bridgehead atoms. The van der Waals surface area contributed by atoms with Gasteiger partial charge in [-0.1, -0.05) is 11.3 Å². The van der Waals surface area contributed by atoms with Crippen molar-refractivity contribution in [2.75, 3.05) is 31.7 Å². The normalized spacial score (nSPS) is 15.7. The second-order valence-electron chi connectivity index (χ2n) is 9.86. The Morgan fingerprint density at radius 2 is 1.93 bits per heavy atom. The number of ether oxygens (including phenoxy) is 3. The number of carbonyl (C=O) groups excluding carboxylic acids is 3. The van der Waals surface area contributed by atoms with Gasteiger partial charge in [0.1, 0.15) is 11.5 Å². The summed E-state index contributed by atoms with van der Waals surface area (Å²) in [6, 6.07) is 12.7. The summed E-state index contributed by atoms with van der Waals surface area (Å²) in [5.41, 5.74) is 2.33. The fraction of sp³-hybridized carbons (Fsp3) is 0.250. The van der Waals surface area contributed by atoms with Gasteiger partial charge in [0.2, 0.25) is 0 Å². The average molecular weight is 661 g/mol. The molecule has 1 amide bonds. The van der Waals surface area contributed by atoms with Crippen LogP contribution < -0.4 is 15.1 Å². The molecule has 1 fully saturated rings. The Labute approximate surface area is 261 Å². The Balaban J connectivity index is 1.30. The first kappa shape index (κ1) is 34.0. The fourth-order valence-electron chi connectivity index (χ4n) is 4.36. The van der Waals surface area contributed by atoms with Crippen LogP contribution >= 0.6 is 7.94 Å². The predicted octanol–water partition coefficient (Wildman–Crippen LogP) is 2.28.